The lowest BCUT2D eigenvalue weighted by atomic mass is 10.1. The zero-order valence-electron chi connectivity index (χ0n) is 17.3. The molecular formula is C23H22FN7O. The minimum atomic E-state index is -0.715. The quantitative estimate of drug-likeness (QED) is 0.447. The molecule has 8 nitrogen and oxygen atoms in total. The number of carbonyl (C=O) groups excluding carboxylic acids is 1. The van der Waals surface area contributed by atoms with Crippen molar-refractivity contribution < 1.29 is 9.18 Å². The van der Waals surface area contributed by atoms with Crippen LogP contribution in [0.5, 0.6) is 0 Å². The summed E-state index contributed by atoms with van der Waals surface area (Å²) in [7, 11) is 0. The first-order valence-corrected chi connectivity index (χ1v) is 10.5. The van der Waals surface area contributed by atoms with Crippen LogP contribution >= 0.6 is 0 Å². The Morgan fingerprint density at radius 1 is 1.16 bits per heavy atom. The maximum absolute atomic E-state index is 14.2. The molecule has 1 aliphatic rings. The van der Waals surface area contributed by atoms with Gasteiger partial charge in [-0.15, -0.1) is 0 Å². The summed E-state index contributed by atoms with van der Waals surface area (Å²) in [6.07, 6.45) is 3.03. The van der Waals surface area contributed by atoms with Gasteiger partial charge in [0.2, 0.25) is 5.91 Å². The molecule has 3 heterocycles. The highest BCUT2D eigenvalue weighted by Gasteiger charge is 2.20. The van der Waals surface area contributed by atoms with Crippen molar-refractivity contribution in [3.8, 4) is 5.95 Å². The van der Waals surface area contributed by atoms with Crippen LogP contribution in [-0.4, -0.2) is 38.7 Å². The Balaban J connectivity index is 1.62. The number of fused-ring (bicyclic) bond motifs is 2. The fourth-order valence-corrected chi connectivity index (χ4v) is 4.01. The minimum Gasteiger partial charge on any atom is -0.366 e. The molecule has 162 valence electrons. The van der Waals surface area contributed by atoms with E-state index in [1.807, 2.05) is 30.3 Å². The molecule has 1 amide bonds. The summed E-state index contributed by atoms with van der Waals surface area (Å²) < 4.78 is 15.7. The van der Waals surface area contributed by atoms with Gasteiger partial charge in [0.05, 0.1) is 23.0 Å². The van der Waals surface area contributed by atoms with Gasteiger partial charge in [0.1, 0.15) is 11.6 Å². The second-order valence-electron chi connectivity index (χ2n) is 7.69. The van der Waals surface area contributed by atoms with Gasteiger partial charge in [-0.2, -0.15) is 14.8 Å². The number of nitrogens with two attached hydrogens (primary N) is 1. The number of rotatable bonds is 5. The molecule has 0 bridgehead atoms. The molecule has 1 aliphatic heterocycles. The van der Waals surface area contributed by atoms with Gasteiger partial charge in [-0.3, -0.25) is 4.79 Å². The number of benzene rings is 2. The van der Waals surface area contributed by atoms with Crippen LogP contribution in [-0.2, 0) is 19.4 Å². The van der Waals surface area contributed by atoms with E-state index in [0.29, 0.717) is 23.4 Å². The third-order valence-electron chi connectivity index (χ3n) is 5.58. The van der Waals surface area contributed by atoms with Crippen LogP contribution in [0.2, 0.25) is 0 Å². The van der Waals surface area contributed by atoms with E-state index >= 15 is 0 Å². The average Bonchev–Trinajstić information content (AvgIpc) is 3.06. The summed E-state index contributed by atoms with van der Waals surface area (Å²) >= 11 is 0. The molecule has 0 fully saturated rings. The number of amides is 1. The van der Waals surface area contributed by atoms with Gasteiger partial charge in [-0.25, -0.2) is 9.37 Å². The Morgan fingerprint density at radius 3 is 2.78 bits per heavy atom. The van der Waals surface area contributed by atoms with Crippen molar-refractivity contribution in [2.24, 2.45) is 5.73 Å². The van der Waals surface area contributed by atoms with Crippen molar-refractivity contribution in [2.75, 3.05) is 18.4 Å². The molecule has 5 rings (SSSR count). The van der Waals surface area contributed by atoms with Crippen molar-refractivity contribution in [3.05, 3.63) is 76.9 Å². The van der Waals surface area contributed by atoms with Gasteiger partial charge in [-0.05, 0) is 24.6 Å². The lowest BCUT2D eigenvalue weighted by Gasteiger charge is -2.15. The van der Waals surface area contributed by atoms with Crippen LogP contribution in [0.15, 0.2) is 48.7 Å². The molecule has 2 aromatic heterocycles. The smallest absolute Gasteiger partial charge is 0.253 e. The fraction of sp³-hybridized carbons (Fsp3) is 0.217. The number of hydrogen-bond donors (Lipinski definition) is 3. The molecule has 0 saturated heterocycles. The van der Waals surface area contributed by atoms with Crippen LogP contribution in [0.3, 0.4) is 0 Å². The first-order valence-electron chi connectivity index (χ1n) is 10.5. The largest absolute Gasteiger partial charge is 0.366 e. The van der Waals surface area contributed by atoms with E-state index < -0.39 is 11.7 Å². The normalized spacial score (nSPS) is 13.5. The predicted molar refractivity (Wildman–Crippen MR) is 119 cm³/mol. The van der Waals surface area contributed by atoms with Crippen LogP contribution < -0.4 is 16.4 Å². The number of hydrogen-bond acceptors (Lipinski definition) is 6. The van der Waals surface area contributed by atoms with E-state index in [2.05, 4.69) is 15.7 Å². The van der Waals surface area contributed by atoms with E-state index in [9.17, 15) is 9.18 Å². The molecule has 4 aromatic rings. The molecule has 0 aliphatic carbocycles. The molecule has 0 saturated carbocycles. The summed E-state index contributed by atoms with van der Waals surface area (Å²) in [5.74, 6) is -0.243. The van der Waals surface area contributed by atoms with Crippen LogP contribution in [0.1, 0.15) is 27.2 Å². The molecule has 0 unspecified atom stereocenters. The maximum atomic E-state index is 14.2. The Kier molecular flexibility index (Phi) is 5.24. The first-order chi connectivity index (χ1) is 15.6. The Labute approximate surface area is 183 Å². The Morgan fingerprint density at radius 2 is 1.97 bits per heavy atom. The van der Waals surface area contributed by atoms with Gasteiger partial charge >= 0.3 is 0 Å². The summed E-state index contributed by atoms with van der Waals surface area (Å²) in [4.78, 5) is 21.3. The van der Waals surface area contributed by atoms with Gasteiger partial charge in [0.25, 0.3) is 5.95 Å². The summed E-state index contributed by atoms with van der Waals surface area (Å²) in [5.41, 5.74) is 9.02. The monoisotopic (exact) mass is 431 g/mol. The second-order valence-corrected chi connectivity index (χ2v) is 7.69. The van der Waals surface area contributed by atoms with Gasteiger partial charge < -0.3 is 16.4 Å². The van der Waals surface area contributed by atoms with E-state index in [4.69, 9.17) is 15.7 Å². The Bertz CT molecular complexity index is 1300. The lowest BCUT2D eigenvalue weighted by Crippen LogP contribution is -2.16. The summed E-state index contributed by atoms with van der Waals surface area (Å²) in [5, 5.41) is 11.6. The highest BCUT2D eigenvalue weighted by atomic mass is 19.1. The zero-order valence-corrected chi connectivity index (χ0v) is 17.3. The fourth-order valence-electron chi connectivity index (χ4n) is 4.01. The van der Waals surface area contributed by atoms with E-state index in [1.165, 1.54) is 16.9 Å². The van der Waals surface area contributed by atoms with E-state index in [-0.39, 0.29) is 5.56 Å². The van der Waals surface area contributed by atoms with Crippen molar-refractivity contribution in [2.45, 2.75) is 19.4 Å². The van der Waals surface area contributed by atoms with Crippen LogP contribution in [0, 0.1) is 5.82 Å². The zero-order chi connectivity index (χ0) is 22.1. The molecule has 0 radical (unpaired) electrons. The molecule has 32 heavy (non-hydrogen) atoms. The number of anilines is 1. The SMILES string of the molecule is NC(=O)c1cc(F)cc2c1cnn2-c1nc2c(c(NCc3ccccc3)n1)CCNCC2. The lowest BCUT2D eigenvalue weighted by molar-refractivity contribution is 0.100. The van der Waals surface area contributed by atoms with Gasteiger partial charge in [0, 0.05) is 36.5 Å². The number of aromatic nitrogens is 4. The number of nitrogens with one attached hydrogen (secondary N) is 2. The second kappa shape index (κ2) is 8.35. The van der Waals surface area contributed by atoms with Crippen molar-refractivity contribution in [1.82, 2.24) is 25.1 Å². The van der Waals surface area contributed by atoms with E-state index in [0.717, 1.165) is 54.6 Å². The molecule has 0 atom stereocenters. The highest BCUT2D eigenvalue weighted by molar-refractivity contribution is 6.05. The predicted octanol–water partition coefficient (Wildman–Crippen LogP) is 2.35. The number of carbonyl (C=O) groups is 1. The third kappa shape index (κ3) is 3.78. The molecular weight excluding hydrogens is 409 g/mol. The topological polar surface area (TPSA) is 111 Å². The average molecular weight is 431 g/mol. The minimum absolute atomic E-state index is 0.0765. The van der Waals surface area contributed by atoms with Crippen molar-refractivity contribution >= 4 is 22.6 Å². The third-order valence-corrected chi connectivity index (χ3v) is 5.58. The molecule has 4 N–H and O–H groups in total. The van der Waals surface area contributed by atoms with Crippen LogP contribution in [0.25, 0.3) is 16.9 Å². The van der Waals surface area contributed by atoms with E-state index in [1.54, 1.807) is 0 Å². The number of nitrogens with zero attached hydrogens (tertiary/aromatic N) is 4. The highest BCUT2D eigenvalue weighted by Crippen LogP contribution is 2.26. The first kappa shape index (κ1) is 20.1. The molecule has 2 aromatic carbocycles. The van der Waals surface area contributed by atoms with Crippen LogP contribution in [0.4, 0.5) is 10.2 Å². The summed E-state index contributed by atoms with van der Waals surface area (Å²) in [6, 6.07) is 12.5. The number of halogens is 1. The number of primary amides is 1. The Hall–Kier alpha value is -3.85. The standard InChI is InChI=1S/C23H22FN7O/c24-15-10-17(21(25)32)18-13-28-31(20(18)11-15)23-29-19-7-9-26-8-6-16(19)22(30-23)27-12-14-4-2-1-3-5-14/h1-5,10-11,13,26H,6-9,12H2,(H2,25,32)(H,27,29,30). The maximum Gasteiger partial charge on any atom is 0.253 e. The molecule has 0 spiro atoms. The summed E-state index contributed by atoms with van der Waals surface area (Å²) in [6.45, 7) is 2.26. The van der Waals surface area contributed by atoms with Gasteiger partial charge in [-0.1, -0.05) is 30.3 Å². The van der Waals surface area contributed by atoms with Crippen molar-refractivity contribution in [1.29, 1.82) is 0 Å². The molecule has 9 heteroatoms. The van der Waals surface area contributed by atoms with Gasteiger partial charge in [0.15, 0.2) is 0 Å². The van der Waals surface area contributed by atoms with Crippen molar-refractivity contribution in [3.63, 3.8) is 0 Å².